The molecule has 1 fully saturated rings. The zero-order valence-corrected chi connectivity index (χ0v) is 31.9. The highest BCUT2D eigenvalue weighted by atomic mass is 35.5. The molecule has 2 atom stereocenters. The van der Waals surface area contributed by atoms with Crippen molar-refractivity contribution in [3.63, 3.8) is 0 Å². The van der Waals surface area contributed by atoms with Gasteiger partial charge in [0.05, 0.1) is 42.5 Å². The summed E-state index contributed by atoms with van der Waals surface area (Å²) in [5.74, 6) is -1.05. The molecule has 16 heteroatoms. The molecule has 0 aliphatic carbocycles. The average molecular weight is 766 g/mol. The highest BCUT2D eigenvalue weighted by Gasteiger charge is 2.30. The van der Waals surface area contributed by atoms with Crippen molar-refractivity contribution in [2.75, 3.05) is 34.3 Å². The van der Waals surface area contributed by atoms with Gasteiger partial charge in [-0.15, -0.1) is 0 Å². The second kappa shape index (κ2) is 16.9. The molecule has 3 amide bonds. The average Bonchev–Trinajstić information content (AvgIpc) is 3.52. The number of methoxy groups -OCH3 is 1. The van der Waals surface area contributed by atoms with Crippen molar-refractivity contribution in [1.82, 2.24) is 34.8 Å². The monoisotopic (exact) mass is 765 g/mol. The molecule has 3 aromatic heterocycles. The Morgan fingerprint density at radius 3 is 2.59 bits per heavy atom. The molecule has 4 heterocycles. The first-order chi connectivity index (χ1) is 25.5. The van der Waals surface area contributed by atoms with Crippen LogP contribution in [0.15, 0.2) is 53.6 Å². The number of aliphatic hydroxyl groups is 1. The van der Waals surface area contributed by atoms with Crippen molar-refractivity contribution >= 4 is 35.2 Å². The van der Waals surface area contributed by atoms with Crippen LogP contribution in [0.4, 0.5) is 9.18 Å². The van der Waals surface area contributed by atoms with Crippen molar-refractivity contribution < 1.29 is 33.4 Å². The van der Waals surface area contributed by atoms with Crippen LogP contribution in [0.25, 0.3) is 28.0 Å². The standard InChI is InChI=1S/C38H45ClFN7O7/c1-38(2,3)54-37(52)46(20-24-10-11-32(49)43-24)21-28-29(40)16-30(44-35(28)53-6)27-9-7-8-26(34(27)39)22-12-13-47-31(14-22)42-18-23(36(47)51)17-41-19-25(48)15-33(50)45(4)5/h7-9,12-14,16,18,24-25,41,48H,10-11,15,17,19-21H2,1-6H3,(H,43,49)/t24-,25?/m0/s1. The first-order valence-electron chi connectivity index (χ1n) is 17.4. The molecule has 1 aliphatic heterocycles. The number of nitrogens with zero attached hydrogens (tertiary/aromatic N) is 5. The molecular formula is C38H45ClFN7O7. The molecule has 1 unspecified atom stereocenters. The number of aliphatic hydroxyl groups excluding tert-OH is 1. The summed E-state index contributed by atoms with van der Waals surface area (Å²) in [5, 5.41) is 16.3. The van der Waals surface area contributed by atoms with Crippen LogP contribution in [0, 0.1) is 5.82 Å². The van der Waals surface area contributed by atoms with E-state index < -0.39 is 23.6 Å². The summed E-state index contributed by atoms with van der Waals surface area (Å²) in [7, 11) is 4.58. The molecule has 1 aliphatic rings. The maximum Gasteiger partial charge on any atom is 0.410 e. The number of ether oxygens (including phenoxy) is 2. The number of halogens is 2. The maximum absolute atomic E-state index is 16.0. The van der Waals surface area contributed by atoms with Crippen LogP contribution >= 0.6 is 11.6 Å². The number of hydrogen-bond donors (Lipinski definition) is 3. The highest BCUT2D eigenvalue weighted by Crippen LogP contribution is 2.38. The number of carbonyl (C=O) groups excluding carboxylic acids is 3. The third-order valence-corrected chi connectivity index (χ3v) is 9.13. The Bertz CT molecular complexity index is 2100. The first kappa shape index (κ1) is 40.1. The number of rotatable bonds is 13. The number of amides is 3. The van der Waals surface area contributed by atoms with Gasteiger partial charge >= 0.3 is 6.09 Å². The number of carbonyl (C=O) groups is 3. The summed E-state index contributed by atoms with van der Waals surface area (Å²) in [6.45, 7) is 5.33. The van der Waals surface area contributed by atoms with E-state index >= 15 is 4.39 Å². The molecule has 0 bridgehead atoms. The minimum atomic E-state index is -0.905. The largest absolute Gasteiger partial charge is 0.481 e. The van der Waals surface area contributed by atoms with E-state index in [4.69, 9.17) is 21.1 Å². The number of nitrogens with one attached hydrogen (secondary N) is 2. The molecule has 1 saturated heterocycles. The summed E-state index contributed by atoms with van der Waals surface area (Å²) in [6.07, 6.45) is 2.29. The lowest BCUT2D eigenvalue weighted by atomic mass is 10.0. The van der Waals surface area contributed by atoms with Gasteiger partial charge in [-0.1, -0.05) is 29.8 Å². The predicted molar refractivity (Wildman–Crippen MR) is 200 cm³/mol. The van der Waals surface area contributed by atoms with Crippen molar-refractivity contribution in [3.8, 4) is 28.3 Å². The number of fused-ring (bicyclic) bond motifs is 1. The van der Waals surface area contributed by atoms with E-state index in [0.717, 1.165) is 0 Å². The van der Waals surface area contributed by atoms with Gasteiger partial charge in [0.2, 0.25) is 17.7 Å². The maximum atomic E-state index is 16.0. The molecule has 0 radical (unpaired) electrons. The fourth-order valence-electron chi connectivity index (χ4n) is 5.95. The van der Waals surface area contributed by atoms with E-state index in [9.17, 15) is 24.3 Å². The molecular weight excluding hydrogens is 721 g/mol. The van der Waals surface area contributed by atoms with Crippen LogP contribution in [0.5, 0.6) is 5.88 Å². The number of pyridine rings is 2. The summed E-state index contributed by atoms with van der Waals surface area (Å²) in [5.41, 5.74) is 1.48. The number of hydrogen-bond acceptors (Lipinski definition) is 10. The Morgan fingerprint density at radius 2 is 1.93 bits per heavy atom. The fourth-order valence-corrected chi connectivity index (χ4v) is 6.29. The molecule has 14 nitrogen and oxygen atoms in total. The second-order valence-corrected chi connectivity index (χ2v) is 14.7. The Balaban J connectivity index is 1.38. The van der Waals surface area contributed by atoms with Crippen LogP contribution in [0.1, 0.15) is 51.2 Å². The van der Waals surface area contributed by atoms with E-state index in [-0.39, 0.29) is 78.2 Å². The van der Waals surface area contributed by atoms with E-state index in [1.165, 1.54) is 33.6 Å². The molecule has 288 valence electrons. The second-order valence-electron chi connectivity index (χ2n) is 14.3. The van der Waals surface area contributed by atoms with E-state index in [1.54, 1.807) is 71.4 Å². The van der Waals surface area contributed by atoms with E-state index in [1.807, 2.05) is 0 Å². The van der Waals surface area contributed by atoms with Crippen LogP contribution in [-0.4, -0.2) is 99.2 Å². The van der Waals surface area contributed by atoms with Gasteiger partial charge in [0.15, 0.2) is 0 Å². The van der Waals surface area contributed by atoms with Gasteiger partial charge in [0, 0.05) is 81.3 Å². The van der Waals surface area contributed by atoms with E-state index in [0.29, 0.717) is 40.7 Å². The number of aromatic nitrogens is 3. The Hall–Kier alpha value is -5.12. The van der Waals surface area contributed by atoms with Gasteiger partial charge in [-0.3, -0.25) is 18.8 Å². The lowest BCUT2D eigenvalue weighted by molar-refractivity contribution is -0.130. The minimum Gasteiger partial charge on any atom is -0.481 e. The van der Waals surface area contributed by atoms with Crippen LogP contribution in [-0.2, 0) is 27.4 Å². The van der Waals surface area contributed by atoms with Gasteiger partial charge in [-0.05, 0) is 44.9 Å². The zero-order valence-electron chi connectivity index (χ0n) is 31.1. The summed E-state index contributed by atoms with van der Waals surface area (Å²) < 4.78 is 28.5. The van der Waals surface area contributed by atoms with Gasteiger partial charge in [0.1, 0.15) is 17.1 Å². The minimum absolute atomic E-state index is 0.0277. The fraction of sp³-hybridized carbons (Fsp3) is 0.421. The van der Waals surface area contributed by atoms with Gasteiger partial charge in [0.25, 0.3) is 5.56 Å². The molecule has 5 rings (SSSR count). The van der Waals surface area contributed by atoms with Crippen LogP contribution < -0.4 is 20.9 Å². The quantitative estimate of drug-likeness (QED) is 0.180. The van der Waals surface area contributed by atoms with Crippen molar-refractivity contribution in [2.45, 2.75) is 70.9 Å². The predicted octanol–water partition coefficient (Wildman–Crippen LogP) is 4.17. The highest BCUT2D eigenvalue weighted by molar-refractivity contribution is 6.36. The van der Waals surface area contributed by atoms with Gasteiger partial charge < -0.3 is 35.0 Å². The third-order valence-electron chi connectivity index (χ3n) is 8.72. The topological polar surface area (TPSA) is 168 Å². The van der Waals surface area contributed by atoms with Crippen molar-refractivity contribution in [3.05, 3.63) is 81.1 Å². The smallest absolute Gasteiger partial charge is 0.410 e. The van der Waals surface area contributed by atoms with Crippen molar-refractivity contribution in [2.24, 2.45) is 0 Å². The Labute approximate surface area is 317 Å². The lowest BCUT2D eigenvalue weighted by Gasteiger charge is -2.29. The van der Waals surface area contributed by atoms with Crippen molar-refractivity contribution in [1.29, 1.82) is 0 Å². The summed E-state index contributed by atoms with van der Waals surface area (Å²) >= 11 is 6.95. The SMILES string of the molecule is COc1nc(-c2cccc(-c3ccn4c(=O)c(CNCC(O)CC(=O)N(C)C)cnc4c3)c2Cl)cc(F)c1CN(C[C@@H]1CCC(=O)N1)C(=O)OC(C)(C)C. The Kier molecular flexibility index (Phi) is 12.6. The van der Waals surface area contributed by atoms with Crippen LogP contribution in [0.3, 0.4) is 0 Å². The van der Waals surface area contributed by atoms with E-state index in [2.05, 4.69) is 20.6 Å². The number of benzene rings is 1. The summed E-state index contributed by atoms with van der Waals surface area (Å²) in [6, 6.07) is 9.55. The molecule has 0 spiro atoms. The molecule has 54 heavy (non-hydrogen) atoms. The Morgan fingerprint density at radius 1 is 1.19 bits per heavy atom. The normalized spacial score (nSPS) is 14.8. The van der Waals surface area contributed by atoms with Crippen LogP contribution in [0.2, 0.25) is 5.02 Å². The molecule has 3 N–H and O–H groups in total. The molecule has 4 aromatic rings. The lowest BCUT2D eigenvalue weighted by Crippen LogP contribution is -2.44. The van der Waals surface area contributed by atoms with Gasteiger partial charge in [-0.2, -0.15) is 0 Å². The first-order valence-corrected chi connectivity index (χ1v) is 17.8. The zero-order chi connectivity index (χ0) is 39.3. The molecule has 1 aromatic carbocycles. The third kappa shape index (κ3) is 9.70. The summed E-state index contributed by atoms with van der Waals surface area (Å²) in [4.78, 5) is 61.9. The molecule has 0 saturated carbocycles. The van der Waals surface area contributed by atoms with Gasteiger partial charge in [-0.25, -0.2) is 19.2 Å².